The molecule has 0 radical (unpaired) electrons. The van der Waals surface area contributed by atoms with Gasteiger partial charge in [0.2, 0.25) is 0 Å². The van der Waals surface area contributed by atoms with Crippen LogP contribution in [-0.4, -0.2) is 24.4 Å². The molecule has 3 nitrogen and oxygen atoms in total. The highest BCUT2D eigenvalue weighted by Crippen LogP contribution is 2.45. The van der Waals surface area contributed by atoms with Crippen molar-refractivity contribution in [1.29, 1.82) is 0 Å². The Morgan fingerprint density at radius 3 is 2.74 bits per heavy atom. The Morgan fingerprint density at radius 2 is 2.06 bits per heavy atom. The number of thiophene rings is 1. The molecule has 1 heterocycles. The van der Waals surface area contributed by atoms with Gasteiger partial charge in [0.1, 0.15) is 5.75 Å². The maximum absolute atomic E-state index is 12.8. The molecule has 3 rings (SSSR count). The van der Waals surface area contributed by atoms with Gasteiger partial charge in [-0.1, -0.05) is 31.9 Å². The highest BCUT2D eigenvalue weighted by Gasteiger charge is 2.25. The molecule has 31 heavy (non-hydrogen) atoms. The molecule has 0 bridgehead atoms. The molecule has 5 heteroatoms. The van der Waals surface area contributed by atoms with Gasteiger partial charge in [0, 0.05) is 28.5 Å². The Kier molecular flexibility index (Phi) is 8.47. The summed E-state index contributed by atoms with van der Waals surface area (Å²) in [6.45, 7) is 3.92. The van der Waals surface area contributed by atoms with Crippen molar-refractivity contribution in [2.24, 2.45) is 0 Å². The van der Waals surface area contributed by atoms with E-state index >= 15 is 0 Å². The van der Waals surface area contributed by atoms with Crippen molar-refractivity contribution < 1.29 is 19.0 Å². The van der Waals surface area contributed by atoms with Crippen LogP contribution in [0.2, 0.25) is 0 Å². The van der Waals surface area contributed by atoms with Crippen LogP contribution in [0.25, 0.3) is 17.2 Å². The highest BCUT2D eigenvalue weighted by molar-refractivity contribution is 7.11. The van der Waals surface area contributed by atoms with Crippen molar-refractivity contribution in [2.45, 2.75) is 58.3 Å². The second-order valence-corrected chi connectivity index (χ2v) is 8.99. The van der Waals surface area contributed by atoms with E-state index in [9.17, 15) is 9.18 Å². The summed E-state index contributed by atoms with van der Waals surface area (Å²) in [7, 11) is 0. The summed E-state index contributed by atoms with van der Waals surface area (Å²) in [6.07, 6.45) is 11.1. The van der Waals surface area contributed by atoms with Crippen LogP contribution in [0.3, 0.4) is 0 Å². The van der Waals surface area contributed by atoms with E-state index in [1.54, 1.807) is 18.3 Å². The van der Waals surface area contributed by atoms with Gasteiger partial charge in [-0.25, -0.2) is 4.79 Å². The third-order valence-corrected chi connectivity index (χ3v) is 6.62. The number of ether oxygens (including phenoxy) is 1. The number of carbonyl (C=O) groups is 1. The fourth-order valence-corrected chi connectivity index (χ4v) is 4.97. The van der Waals surface area contributed by atoms with Gasteiger partial charge in [-0.2, -0.15) is 0 Å². The summed E-state index contributed by atoms with van der Waals surface area (Å²) in [5, 5.41) is 11.0. The number of halogens is 1. The predicted octanol–water partition coefficient (Wildman–Crippen LogP) is 7.42. The van der Waals surface area contributed by atoms with Crippen LogP contribution in [0.4, 0.5) is 4.39 Å². The molecular formula is C26H31FO3S. The second kappa shape index (κ2) is 11.3. The molecule has 0 aliphatic heterocycles. The Morgan fingerprint density at radius 1 is 1.29 bits per heavy atom. The van der Waals surface area contributed by atoms with E-state index < -0.39 is 5.97 Å². The number of rotatable bonds is 10. The van der Waals surface area contributed by atoms with Gasteiger partial charge in [-0.15, -0.1) is 11.3 Å². The Bertz CT molecular complexity index is 952. The molecule has 1 aromatic carbocycles. The number of aryl methyl sites for hydroxylation is 1. The van der Waals surface area contributed by atoms with Crippen LogP contribution in [0.5, 0.6) is 5.75 Å². The second-order valence-electron chi connectivity index (χ2n) is 8.05. The molecule has 0 spiro atoms. The predicted molar refractivity (Wildman–Crippen MR) is 127 cm³/mol. The summed E-state index contributed by atoms with van der Waals surface area (Å²) < 4.78 is 19.0. The SMILES string of the molecule is CCc1cc(-c2ccsc2C=CC(C)=CC(=O)O)c(OCCCF)c(C2CCCC2)c1. The zero-order chi connectivity index (χ0) is 22.2. The van der Waals surface area contributed by atoms with Crippen LogP contribution in [-0.2, 0) is 11.2 Å². The lowest BCUT2D eigenvalue weighted by Gasteiger charge is -2.21. The van der Waals surface area contributed by atoms with Crippen LogP contribution >= 0.6 is 11.3 Å². The normalized spacial score (nSPS) is 15.1. The van der Waals surface area contributed by atoms with E-state index in [0.29, 0.717) is 24.5 Å². The van der Waals surface area contributed by atoms with E-state index in [1.165, 1.54) is 42.9 Å². The first-order valence-corrected chi connectivity index (χ1v) is 11.9. The van der Waals surface area contributed by atoms with Crippen molar-refractivity contribution in [3.63, 3.8) is 0 Å². The zero-order valence-corrected chi connectivity index (χ0v) is 19.1. The zero-order valence-electron chi connectivity index (χ0n) is 18.3. The van der Waals surface area contributed by atoms with Gasteiger partial charge in [-0.05, 0) is 72.4 Å². The van der Waals surface area contributed by atoms with Crippen molar-refractivity contribution >= 4 is 23.4 Å². The van der Waals surface area contributed by atoms with E-state index in [1.807, 2.05) is 17.5 Å². The number of aliphatic carboxylic acids is 1. The van der Waals surface area contributed by atoms with Gasteiger partial charge in [0.05, 0.1) is 13.3 Å². The molecule has 1 fully saturated rings. The average Bonchev–Trinajstić information content (AvgIpc) is 3.44. The average molecular weight is 443 g/mol. The number of alkyl halides is 1. The van der Waals surface area contributed by atoms with Gasteiger partial charge < -0.3 is 9.84 Å². The van der Waals surface area contributed by atoms with E-state index in [2.05, 4.69) is 25.1 Å². The molecule has 0 atom stereocenters. The van der Waals surface area contributed by atoms with E-state index in [-0.39, 0.29) is 6.67 Å². The quantitative estimate of drug-likeness (QED) is 0.237. The first-order valence-electron chi connectivity index (χ1n) is 11.1. The number of carboxylic acid groups (broad SMARTS) is 1. The summed E-state index contributed by atoms with van der Waals surface area (Å²) in [4.78, 5) is 12.0. The lowest BCUT2D eigenvalue weighted by molar-refractivity contribution is -0.131. The topological polar surface area (TPSA) is 46.5 Å². The standard InChI is InChI=1S/C26H31FO3S/c1-3-19-16-22(20-7-4-5-8-20)26(30-13-6-12-27)23(17-19)21-11-14-31-24(21)10-9-18(2)15-25(28)29/h9-11,14-17,20H,3-8,12-13H2,1-2H3,(H,28,29). The molecule has 166 valence electrons. The van der Waals surface area contributed by atoms with Gasteiger partial charge >= 0.3 is 5.97 Å². The number of benzene rings is 1. The molecule has 0 amide bonds. The smallest absolute Gasteiger partial charge is 0.328 e. The molecule has 1 N–H and O–H groups in total. The molecule has 1 aliphatic carbocycles. The maximum Gasteiger partial charge on any atom is 0.328 e. The Balaban J connectivity index is 2.07. The lowest BCUT2D eigenvalue weighted by Crippen LogP contribution is -2.06. The fourth-order valence-electron chi connectivity index (χ4n) is 4.17. The number of hydrogen-bond donors (Lipinski definition) is 1. The number of hydrogen-bond acceptors (Lipinski definition) is 3. The fraction of sp³-hybridized carbons (Fsp3) is 0.423. The first-order chi connectivity index (χ1) is 15.0. The van der Waals surface area contributed by atoms with Crippen molar-refractivity contribution in [2.75, 3.05) is 13.3 Å². The third kappa shape index (κ3) is 6.07. The monoisotopic (exact) mass is 442 g/mol. The van der Waals surface area contributed by atoms with Gasteiger partial charge in [0.15, 0.2) is 0 Å². The van der Waals surface area contributed by atoms with E-state index in [4.69, 9.17) is 9.84 Å². The molecule has 2 aromatic rings. The van der Waals surface area contributed by atoms with E-state index in [0.717, 1.165) is 28.2 Å². The minimum Gasteiger partial charge on any atom is -0.493 e. The molecule has 0 unspecified atom stereocenters. The van der Waals surface area contributed by atoms with Crippen LogP contribution < -0.4 is 4.74 Å². The molecule has 0 saturated heterocycles. The van der Waals surface area contributed by atoms with Gasteiger partial charge in [-0.3, -0.25) is 4.39 Å². The number of carboxylic acids is 1. The molecule has 1 saturated carbocycles. The minimum absolute atomic E-state index is 0.366. The Hall–Kier alpha value is -2.40. The summed E-state index contributed by atoms with van der Waals surface area (Å²) in [5.74, 6) is 0.432. The summed E-state index contributed by atoms with van der Waals surface area (Å²) >= 11 is 1.62. The van der Waals surface area contributed by atoms with Crippen molar-refractivity contribution in [1.82, 2.24) is 0 Å². The summed E-state index contributed by atoms with van der Waals surface area (Å²) in [5.41, 5.74) is 5.35. The first kappa shape index (κ1) is 23.3. The minimum atomic E-state index is -0.950. The maximum atomic E-state index is 12.8. The van der Waals surface area contributed by atoms with Crippen LogP contribution in [0, 0.1) is 0 Å². The van der Waals surface area contributed by atoms with Crippen LogP contribution in [0.1, 0.15) is 67.9 Å². The van der Waals surface area contributed by atoms with Gasteiger partial charge in [0.25, 0.3) is 0 Å². The number of allylic oxidation sites excluding steroid dienone is 2. The molecule has 1 aromatic heterocycles. The van der Waals surface area contributed by atoms with Crippen molar-refractivity contribution in [3.8, 4) is 16.9 Å². The van der Waals surface area contributed by atoms with Crippen LogP contribution in [0.15, 0.2) is 41.3 Å². The third-order valence-electron chi connectivity index (χ3n) is 5.74. The van der Waals surface area contributed by atoms with Crippen molar-refractivity contribution in [3.05, 3.63) is 57.3 Å². The molecule has 1 aliphatic rings. The molecular weight excluding hydrogens is 411 g/mol. The Labute approximate surface area is 188 Å². The highest BCUT2D eigenvalue weighted by atomic mass is 32.1. The lowest BCUT2D eigenvalue weighted by atomic mass is 9.89. The largest absolute Gasteiger partial charge is 0.493 e. The summed E-state index contributed by atoms with van der Waals surface area (Å²) in [6, 6.07) is 6.57.